The van der Waals surface area contributed by atoms with Crippen molar-refractivity contribution in [3.63, 3.8) is 0 Å². The molecule has 0 radical (unpaired) electrons. The van der Waals surface area contributed by atoms with Gasteiger partial charge < -0.3 is 10.0 Å². The van der Waals surface area contributed by atoms with Gasteiger partial charge >= 0.3 is 0 Å². The third-order valence-electron chi connectivity index (χ3n) is 3.56. The summed E-state index contributed by atoms with van der Waals surface area (Å²) >= 11 is 0. The molecule has 1 heterocycles. The molecule has 0 aliphatic carbocycles. The first-order valence-corrected chi connectivity index (χ1v) is 8.62. The Morgan fingerprint density at radius 1 is 1.38 bits per heavy atom. The smallest absolute Gasteiger partial charge is 0.260 e. The minimum atomic E-state index is -3.67. The molecule has 1 rings (SSSR count). The van der Waals surface area contributed by atoms with Crippen LogP contribution in [0.3, 0.4) is 0 Å². The van der Waals surface area contributed by atoms with Crippen LogP contribution in [0.2, 0.25) is 0 Å². The number of unbranched alkanes of at least 4 members (excludes halogenated alkanes) is 1. The first-order chi connectivity index (χ1) is 9.79. The maximum atomic E-state index is 12.1. The predicted octanol–water partition coefficient (Wildman–Crippen LogP) is 0.609. The predicted molar refractivity (Wildman–Crippen MR) is 81.4 cm³/mol. The van der Waals surface area contributed by atoms with Crippen molar-refractivity contribution in [1.29, 1.82) is 0 Å². The van der Waals surface area contributed by atoms with Crippen LogP contribution in [-0.2, 0) is 16.6 Å². The topological polar surface area (TPSA) is 98.3 Å². The zero-order valence-electron chi connectivity index (χ0n) is 13.2. The number of aromatic amines is 1. The molecule has 0 aromatic carbocycles. The van der Waals surface area contributed by atoms with E-state index in [4.69, 9.17) is 0 Å². The monoisotopic (exact) mass is 318 g/mol. The van der Waals surface area contributed by atoms with Crippen LogP contribution in [0.25, 0.3) is 0 Å². The van der Waals surface area contributed by atoms with Crippen molar-refractivity contribution < 1.29 is 13.5 Å². The highest BCUT2D eigenvalue weighted by Crippen LogP contribution is 2.15. The van der Waals surface area contributed by atoms with Crippen LogP contribution in [-0.4, -0.2) is 54.8 Å². The highest BCUT2D eigenvalue weighted by Gasteiger charge is 2.22. The first kappa shape index (κ1) is 18.1. The Morgan fingerprint density at radius 3 is 2.62 bits per heavy atom. The third kappa shape index (κ3) is 5.06. The van der Waals surface area contributed by atoms with Gasteiger partial charge in [0.2, 0.25) is 0 Å². The average molecular weight is 318 g/mol. The molecule has 0 fully saturated rings. The van der Waals surface area contributed by atoms with E-state index in [1.165, 1.54) is 0 Å². The van der Waals surface area contributed by atoms with Crippen LogP contribution in [0.4, 0.5) is 0 Å². The molecule has 0 unspecified atom stereocenters. The van der Waals surface area contributed by atoms with Crippen molar-refractivity contribution in [2.24, 2.45) is 0 Å². The molecule has 0 atom stereocenters. The van der Waals surface area contributed by atoms with E-state index < -0.39 is 10.0 Å². The summed E-state index contributed by atoms with van der Waals surface area (Å²) in [5.74, 6) is 0. The molecule has 1 aromatic rings. The van der Waals surface area contributed by atoms with Gasteiger partial charge in [0.25, 0.3) is 10.0 Å². The number of hydrogen-bond acceptors (Lipinski definition) is 5. The number of rotatable bonds is 9. The van der Waals surface area contributed by atoms with Gasteiger partial charge in [-0.3, -0.25) is 5.10 Å². The summed E-state index contributed by atoms with van der Waals surface area (Å²) in [6.45, 7) is 6.88. The standard InChI is InChI=1S/C13H26N4O3S/c1-10(2)17(4)8-6-5-7-14-21(19,20)13-12(9-18)11(3)15-16-13/h10,14,18H,5-9H2,1-4H3,(H,15,16). The Labute approximate surface area is 126 Å². The van der Waals surface area contributed by atoms with Crippen molar-refractivity contribution in [2.75, 3.05) is 20.1 Å². The molecule has 0 bridgehead atoms. The lowest BCUT2D eigenvalue weighted by Crippen LogP contribution is -2.29. The molecule has 1 aromatic heterocycles. The number of nitrogens with one attached hydrogen (secondary N) is 2. The molecule has 0 aliphatic heterocycles. The van der Waals surface area contributed by atoms with E-state index in [-0.39, 0.29) is 11.6 Å². The van der Waals surface area contributed by atoms with Crippen LogP contribution < -0.4 is 4.72 Å². The number of sulfonamides is 1. The molecule has 21 heavy (non-hydrogen) atoms. The van der Waals surface area contributed by atoms with E-state index in [2.05, 4.69) is 40.7 Å². The molecular formula is C13H26N4O3S. The Kier molecular flexibility index (Phi) is 6.79. The van der Waals surface area contributed by atoms with Crippen LogP contribution in [0.15, 0.2) is 5.03 Å². The van der Waals surface area contributed by atoms with Crippen molar-refractivity contribution in [3.8, 4) is 0 Å². The van der Waals surface area contributed by atoms with Gasteiger partial charge in [-0.25, -0.2) is 13.1 Å². The van der Waals surface area contributed by atoms with E-state index in [9.17, 15) is 13.5 Å². The number of H-pyrrole nitrogens is 1. The Balaban J connectivity index is 2.47. The number of aliphatic hydroxyl groups excluding tert-OH is 1. The van der Waals surface area contributed by atoms with Gasteiger partial charge in [-0.2, -0.15) is 5.10 Å². The lowest BCUT2D eigenvalue weighted by Gasteiger charge is -2.20. The number of aromatic nitrogens is 2. The Bertz CT molecular complexity index is 540. The molecule has 0 saturated carbocycles. The maximum Gasteiger partial charge on any atom is 0.260 e. The van der Waals surface area contributed by atoms with Crippen molar-refractivity contribution >= 4 is 10.0 Å². The summed E-state index contributed by atoms with van der Waals surface area (Å²) in [5.41, 5.74) is 0.887. The summed E-state index contributed by atoms with van der Waals surface area (Å²) in [4.78, 5) is 2.22. The SMILES string of the molecule is Cc1[nH]nc(S(=O)(=O)NCCCCN(C)C(C)C)c1CO. The van der Waals surface area contributed by atoms with Gasteiger partial charge in [0.05, 0.1) is 6.61 Å². The molecule has 7 nitrogen and oxygen atoms in total. The lowest BCUT2D eigenvalue weighted by atomic mass is 10.2. The van der Waals surface area contributed by atoms with Gasteiger partial charge in [-0.05, 0) is 47.2 Å². The highest BCUT2D eigenvalue weighted by molar-refractivity contribution is 7.89. The molecule has 8 heteroatoms. The van der Waals surface area contributed by atoms with Crippen molar-refractivity contribution in [2.45, 2.75) is 51.3 Å². The number of hydrogen-bond donors (Lipinski definition) is 3. The van der Waals surface area contributed by atoms with E-state index in [1.54, 1.807) is 6.92 Å². The molecule has 0 amide bonds. The summed E-state index contributed by atoms with van der Waals surface area (Å²) in [7, 11) is -1.61. The van der Waals surface area contributed by atoms with E-state index in [0.29, 0.717) is 23.8 Å². The van der Waals surface area contributed by atoms with Crippen LogP contribution >= 0.6 is 0 Å². The Hall–Kier alpha value is -0.960. The fourth-order valence-corrected chi connectivity index (χ4v) is 3.12. The molecule has 122 valence electrons. The molecule has 0 aliphatic rings. The summed E-state index contributed by atoms with van der Waals surface area (Å²) < 4.78 is 26.8. The quantitative estimate of drug-likeness (QED) is 0.580. The third-order valence-corrected chi connectivity index (χ3v) is 4.99. The minimum Gasteiger partial charge on any atom is -0.392 e. The van der Waals surface area contributed by atoms with E-state index >= 15 is 0 Å². The van der Waals surface area contributed by atoms with Gasteiger partial charge in [-0.15, -0.1) is 0 Å². The maximum absolute atomic E-state index is 12.1. The second kappa shape index (κ2) is 7.88. The minimum absolute atomic E-state index is 0.109. The summed E-state index contributed by atoms with van der Waals surface area (Å²) in [6.07, 6.45) is 1.68. The lowest BCUT2D eigenvalue weighted by molar-refractivity contribution is 0.268. The molecular weight excluding hydrogens is 292 g/mol. The fourth-order valence-electron chi connectivity index (χ4n) is 1.86. The van der Waals surface area contributed by atoms with Gasteiger partial charge in [0, 0.05) is 23.8 Å². The van der Waals surface area contributed by atoms with Crippen molar-refractivity contribution in [1.82, 2.24) is 19.8 Å². The second-order valence-electron chi connectivity index (χ2n) is 5.47. The number of aliphatic hydroxyl groups is 1. The average Bonchev–Trinajstić information content (AvgIpc) is 2.79. The Morgan fingerprint density at radius 2 is 2.05 bits per heavy atom. The second-order valence-corrected chi connectivity index (χ2v) is 7.15. The van der Waals surface area contributed by atoms with Gasteiger partial charge in [0.1, 0.15) is 0 Å². The summed E-state index contributed by atoms with van der Waals surface area (Å²) in [5, 5.41) is 15.5. The molecule has 0 saturated heterocycles. The number of nitrogens with zero attached hydrogens (tertiary/aromatic N) is 2. The largest absolute Gasteiger partial charge is 0.392 e. The van der Waals surface area contributed by atoms with Gasteiger partial charge in [0.15, 0.2) is 5.03 Å². The van der Waals surface area contributed by atoms with E-state index in [1.807, 2.05) is 0 Å². The normalized spacial score (nSPS) is 12.5. The van der Waals surface area contributed by atoms with Gasteiger partial charge in [-0.1, -0.05) is 0 Å². The van der Waals surface area contributed by atoms with Crippen LogP contribution in [0.1, 0.15) is 37.9 Å². The number of aryl methyl sites for hydroxylation is 1. The zero-order chi connectivity index (χ0) is 16.0. The fraction of sp³-hybridized carbons (Fsp3) is 0.769. The highest BCUT2D eigenvalue weighted by atomic mass is 32.2. The molecule has 0 spiro atoms. The van der Waals surface area contributed by atoms with Crippen LogP contribution in [0.5, 0.6) is 0 Å². The summed E-state index contributed by atoms with van der Waals surface area (Å²) in [6, 6.07) is 0.487. The first-order valence-electron chi connectivity index (χ1n) is 7.14. The van der Waals surface area contributed by atoms with E-state index in [0.717, 1.165) is 19.4 Å². The molecule has 3 N–H and O–H groups in total. The van der Waals surface area contributed by atoms with Crippen LogP contribution in [0, 0.1) is 6.92 Å². The zero-order valence-corrected chi connectivity index (χ0v) is 14.0. The van der Waals surface area contributed by atoms with Crippen molar-refractivity contribution in [3.05, 3.63) is 11.3 Å².